The number of nitrogens with zero attached hydrogens (tertiary/aromatic N) is 3. The van der Waals surface area contributed by atoms with Crippen molar-refractivity contribution in [3.8, 4) is 0 Å². The molecular weight excluding hydrogens is 204 g/mol. The summed E-state index contributed by atoms with van der Waals surface area (Å²) in [5.41, 5.74) is 0. The number of nitrogens with one attached hydrogen (secondary N) is 1. The molecule has 0 spiro atoms. The first-order valence-corrected chi connectivity index (χ1v) is 5.93. The summed E-state index contributed by atoms with van der Waals surface area (Å²) in [4.78, 5) is 6.36. The van der Waals surface area contributed by atoms with Crippen LogP contribution in [0.25, 0.3) is 0 Å². The van der Waals surface area contributed by atoms with Crippen molar-refractivity contribution >= 4 is 0 Å². The van der Waals surface area contributed by atoms with Crippen LogP contribution in [-0.4, -0.2) is 35.2 Å². The summed E-state index contributed by atoms with van der Waals surface area (Å²) in [6.45, 7) is 1.43. The lowest BCUT2D eigenvalue weighted by atomic mass is 10.2. The van der Waals surface area contributed by atoms with E-state index < -0.39 is 0 Å². The van der Waals surface area contributed by atoms with Gasteiger partial charge in [0, 0.05) is 6.04 Å². The van der Waals surface area contributed by atoms with E-state index >= 15 is 0 Å². The summed E-state index contributed by atoms with van der Waals surface area (Å²) in [5.74, 6) is 1.46. The van der Waals surface area contributed by atoms with Crippen molar-refractivity contribution in [2.24, 2.45) is 0 Å². The zero-order valence-electron chi connectivity index (χ0n) is 10.1. The minimum Gasteiger partial charge on any atom is -0.338 e. The Morgan fingerprint density at radius 2 is 2.12 bits per heavy atom. The molecule has 0 aromatic carbocycles. The van der Waals surface area contributed by atoms with E-state index in [9.17, 15) is 0 Å². The largest absolute Gasteiger partial charge is 0.338 e. The third kappa shape index (κ3) is 3.28. The summed E-state index contributed by atoms with van der Waals surface area (Å²) < 4.78 is 5.18. The molecule has 1 aromatic heterocycles. The molecule has 16 heavy (non-hydrogen) atoms. The molecule has 0 radical (unpaired) electrons. The van der Waals surface area contributed by atoms with Crippen molar-refractivity contribution in [2.75, 3.05) is 14.1 Å². The van der Waals surface area contributed by atoms with E-state index in [1.54, 1.807) is 0 Å². The first-order chi connectivity index (χ1) is 7.74. The van der Waals surface area contributed by atoms with Crippen LogP contribution in [0.2, 0.25) is 0 Å². The predicted molar refractivity (Wildman–Crippen MR) is 60.8 cm³/mol. The summed E-state index contributed by atoms with van der Waals surface area (Å²) in [6.07, 6.45) is 5.23. The van der Waals surface area contributed by atoms with Crippen LogP contribution in [0.15, 0.2) is 4.52 Å². The Labute approximate surface area is 96.2 Å². The Kier molecular flexibility index (Phi) is 3.90. The minimum atomic E-state index is 0.643. The maximum Gasteiger partial charge on any atom is 0.240 e. The van der Waals surface area contributed by atoms with Gasteiger partial charge in [0.1, 0.15) is 0 Å². The highest BCUT2D eigenvalue weighted by Crippen LogP contribution is 2.17. The Bertz CT molecular complexity index is 318. The van der Waals surface area contributed by atoms with E-state index in [4.69, 9.17) is 4.52 Å². The summed E-state index contributed by atoms with van der Waals surface area (Å²) in [6, 6.07) is 0.643. The van der Waals surface area contributed by atoms with E-state index in [2.05, 4.69) is 15.5 Å². The first kappa shape index (κ1) is 11.5. The molecule has 0 atom stereocenters. The van der Waals surface area contributed by atoms with Crippen LogP contribution >= 0.6 is 0 Å². The quantitative estimate of drug-likeness (QED) is 0.813. The van der Waals surface area contributed by atoms with Gasteiger partial charge in [-0.3, -0.25) is 0 Å². The second kappa shape index (κ2) is 5.41. The summed E-state index contributed by atoms with van der Waals surface area (Å²) in [5, 5.41) is 7.39. The molecule has 1 aromatic rings. The predicted octanol–water partition coefficient (Wildman–Crippen LogP) is 1.16. The van der Waals surface area contributed by atoms with Crippen molar-refractivity contribution in [1.82, 2.24) is 20.4 Å². The fraction of sp³-hybridized carbons (Fsp3) is 0.818. The molecule has 5 heteroatoms. The van der Waals surface area contributed by atoms with Crippen LogP contribution < -0.4 is 5.32 Å². The molecule has 0 amide bonds. The third-order valence-electron chi connectivity index (χ3n) is 2.86. The fourth-order valence-corrected chi connectivity index (χ4v) is 2.07. The van der Waals surface area contributed by atoms with Crippen LogP contribution in [-0.2, 0) is 13.1 Å². The monoisotopic (exact) mass is 224 g/mol. The van der Waals surface area contributed by atoms with E-state index in [0.29, 0.717) is 18.5 Å². The highest BCUT2D eigenvalue weighted by atomic mass is 16.5. The molecule has 1 fully saturated rings. The lowest BCUT2D eigenvalue weighted by molar-refractivity contribution is 0.338. The standard InChI is InChI=1S/C11H20N4O/c1-15(2)8-10-13-11(16-14-10)7-12-9-5-3-4-6-9/h9,12H,3-8H2,1-2H3. The maximum absolute atomic E-state index is 5.18. The molecule has 1 N–H and O–H groups in total. The average molecular weight is 224 g/mol. The van der Waals surface area contributed by atoms with Gasteiger partial charge in [-0.25, -0.2) is 0 Å². The highest BCUT2D eigenvalue weighted by Gasteiger charge is 2.15. The zero-order valence-corrected chi connectivity index (χ0v) is 10.1. The maximum atomic E-state index is 5.18. The smallest absolute Gasteiger partial charge is 0.240 e. The Hall–Kier alpha value is -0.940. The van der Waals surface area contributed by atoms with Gasteiger partial charge >= 0.3 is 0 Å². The van der Waals surface area contributed by atoms with Gasteiger partial charge in [-0.15, -0.1) is 0 Å². The third-order valence-corrected chi connectivity index (χ3v) is 2.86. The molecule has 1 saturated carbocycles. The van der Waals surface area contributed by atoms with Crippen molar-refractivity contribution in [2.45, 2.75) is 44.8 Å². The summed E-state index contributed by atoms with van der Waals surface area (Å²) in [7, 11) is 3.99. The number of hydrogen-bond donors (Lipinski definition) is 1. The van der Waals surface area contributed by atoms with Gasteiger partial charge in [0.2, 0.25) is 5.89 Å². The number of aromatic nitrogens is 2. The number of hydrogen-bond acceptors (Lipinski definition) is 5. The van der Waals surface area contributed by atoms with Crippen LogP contribution in [0.1, 0.15) is 37.4 Å². The van der Waals surface area contributed by atoms with Crippen molar-refractivity contribution < 1.29 is 4.52 Å². The van der Waals surface area contributed by atoms with Gasteiger partial charge in [-0.05, 0) is 26.9 Å². The van der Waals surface area contributed by atoms with Gasteiger partial charge < -0.3 is 14.7 Å². The van der Waals surface area contributed by atoms with Gasteiger partial charge in [-0.2, -0.15) is 4.98 Å². The first-order valence-electron chi connectivity index (χ1n) is 5.93. The highest BCUT2D eigenvalue weighted by molar-refractivity contribution is 4.86. The topological polar surface area (TPSA) is 54.2 Å². The van der Waals surface area contributed by atoms with Crippen LogP contribution in [0.3, 0.4) is 0 Å². The molecule has 2 rings (SSSR count). The molecule has 5 nitrogen and oxygen atoms in total. The Morgan fingerprint density at radius 1 is 1.38 bits per heavy atom. The molecule has 0 unspecified atom stereocenters. The minimum absolute atomic E-state index is 0.643. The molecule has 0 aliphatic heterocycles. The molecular formula is C11H20N4O. The van der Waals surface area contributed by atoms with Crippen LogP contribution in [0.4, 0.5) is 0 Å². The second-order valence-corrected chi connectivity index (χ2v) is 4.70. The second-order valence-electron chi connectivity index (χ2n) is 4.70. The van der Waals surface area contributed by atoms with E-state index in [1.807, 2.05) is 19.0 Å². The van der Waals surface area contributed by atoms with Gasteiger partial charge in [0.25, 0.3) is 0 Å². The van der Waals surface area contributed by atoms with Gasteiger partial charge in [0.05, 0.1) is 13.1 Å². The van der Waals surface area contributed by atoms with Crippen molar-refractivity contribution in [1.29, 1.82) is 0 Å². The van der Waals surface area contributed by atoms with Crippen molar-refractivity contribution in [3.63, 3.8) is 0 Å². The zero-order chi connectivity index (χ0) is 11.4. The molecule has 1 aliphatic carbocycles. The van der Waals surface area contributed by atoms with E-state index in [1.165, 1.54) is 25.7 Å². The Morgan fingerprint density at radius 3 is 2.81 bits per heavy atom. The van der Waals surface area contributed by atoms with Gasteiger partial charge in [-0.1, -0.05) is 18.0 Å². The van der Waals surface area contributed by atoms with E-state index in [-0.39, 0.29) is 0 Å². The van der Waals surface area contributed by atoms with Crippen molar-refractivity contribution in [3.05, 3.63) is 11.7 Å². The van der Waals surface area contributed by atoms with E-state index in [0.717, 1.165) is 12.4 Å². The summed E-state index contributed by atoms with van der Waals surface area (Å²) >= 11 is 0. The van der Waals surface area contributed by atoms with Crippen LogP contribution in [0, 0.1) is 0 Å². The molecule has 1 aliphatic rings. The SMILES string of the molecule is CN(C)Cc1noc(CNC2CCCC2)n1. The van der Waals surface area contributed by atoms with Crippen LogP contribution in [0.5, 0.6) is 0 Å². The lowest BCUT2D eigenvalue weighted by Gasteiger charge is -2.08. The van der Waals surface area contributed by atoms with Gasteiger partial charge in [0.15, 0.2) is 5.82 Å². The molecule has 1 heterocycles. The number of rotatable bonds is 5. The fourth-order valence-electron chi connectivity index (χ4n) is 2.07. The Balaban J connectivity index is 1.78. The lowest BCUT2D eigenvalue weighted by Crippen LogP contribution is -2.25. The normalized spacial score (nSPS) is 17.4. The molecule has 0 bridgehead atoms. The average Bonchev–Trinajstić information content (AvgIpc) is 2.84. The molecule has 90 valence electrons. The molecule has 0 saturated heterocycles.